The number of benzene rings is 1. The number of anilines is 2. The Morgan fingerprint density at radius 1 is 1.32 bits per heavy atom. The van der Waals surface area contributed by atoms with Crippen LogP contribution in [0.25, 0.3) is 22.6 Å². The van der Waals surface area contributed by atoms with Crippen LogP contribution in [0.2, 0.25) is 0 Å². The van der Waals surface area contributed by atoms with E-state index in [1.807, 2.05) is 0 Å². The lowest BCUT2D eigenvalue weighted by atomic mass is 10.2. The molecule has 13 heteroatoms. The fraction of sp³-hybridized carbons (Fsp3) is 0. The molecule has 13 nitrogen and oxygen atoms in total. The Bertz CT molecular complexity index is 1130. The van der Waals surface area contributed by atoms with E-state index in [2.05, 4.69) is 41.5 Å². The van der Waals surface area contributed by atoms with Crippen LogP contribution in [0.3, 0.4) is 0 Å². The summed E-state index contributed by atoms with van der Waals surface area (Å²) in [6.07, 6.45) is -1.37. The minimum Gasteiger partial charge on any atom is -0.463 e. The molecule has 3 heterocycles. The summed E-state index contributed by atoms with van der Waals surface area (Å²) < 4.78 is 6.24. The number of aromatic nitrogens is 8. The summed E-state index contributed by atoms with van der Waals surface area (Å²) in [6.45, 7) is 0. The van der Waals surface area contributed by atoms with Crippen LogP contribution in [0.15, 0.2) is 33.5 Å². The molecule has 0 spiro atoms. The minimum absolute atomic E-state index is 0.0957. The molecule has 0 aliphatic carbocycles. The Morgan fingerprint density at radius 2 is 2.20 bits per heavy atom. The quantitative estimate of drug-likeness (QED) is 0.434. The van der Waals surface area contributed by atoms with Gasteiger partial charge in [-0.3, -0.25) is 4.79 Å². The maximum Gasteiger partial charge on any atom is 0.436 e. The van der Waals surface area contributed by atoms with Crippen molar-refractivity contribution in [3.05, 3.63) is 34.5 Å². The van der Waals surface area contributed by atoms with Crippen molar-refractivity contribution >= 4 is 28.7 Å². The lowest BCUT2D eigenvalue weighted by Crippen LogP contribution is -2.13. The molecule has 0 saturated heterocycles. The molecular formula is C12H7N9O4. The Balaban J connectivity index is 1.88. The Labute approximate surface area is 136 Å². The molecule has 4 aromatic rings. The highest BCUT2D eigenvalue weighted by molar-refractivity contribution is 5.91. The van der Waals surface area contributed by atoms with Gasteiger partial charge in [-0.05, 0) is 27.8 Å². The van der Waals surface area contributed by atoms with Gasteiger partial charge in [-0.2, -0.15) is 5.21 Å². The third kappa shape index (κ3) is 2.44. The number of nitrogens with zero attached hydrogens (tertiary/aromatic N) is 7. The molecule has 0 aliphatic heterocycles. The maximum atomic E-state index is 12.3. The normalized spacial score (nSPS) is 10.9. The van der Waals surface area contributed by atoms with E-state index in [0.29, 0.717) is 4.68 Å². The number of nitrogens with one attached hydrogen (secondary N) is 2. The number of tetrazole rings is 2. The molecule has 0 radical (unpaired) electrons. The first-order valence-electron chi connectivity index (χ1n) is 6.73. The number of para-hydroxylation sites is 1. The van der Waals surface area contributed by atoms with E-state index in [0.717, 1.165) is 0 Å². The number of hydrogen-bond donors (Lipinski definition) is 3. The second-order valence-electron chi connectivity index (χ2n) is 4.71. The highest BCUT2D eigenvalue weighted by Crippen LogP contribution is 2.26. The van der Waals surface area contributed by atoms with Gasteiger partial charge in [0.25, 0.3) is 5.95 Å². The molecular weight excluding hydrogens is 334 g/mol. The zero-order chi connectivity index (χ0) is 17.4. The number of carbonyl (C=O) groups is 1. The topological polar surface area (TPSA) is 178 Å². The molecule has 0 saturated carbocycles. The molecule has 124 valence electrons. The van der Waals surface area contributed by atoms with Crippen molar-refractivity contribution < 1.29 is 14.3 Å². The highest BCUT2D eigenvalue weighted by atomic mass is 16.4. The van der Waals surface area contributed by atoms with Crippen LogP contribution in [0, 0.1) is 0 Å². The van der Waals surface area contributed by atoms with Gasteiger partial charge in [0.1, 0.15) is 0 Å². The summed E-state index contributed by atoms with van der Waals surface area (Å²) in [5.74, 6) is 0.0371. The average molecular weight is 341 g/mol. The Kier molecular flexibility index (Phi) is 3.17. The smallest absolute Gasteiger partial charge is 0.436 e. The fourth-order valence-corrected chi connectivity index (χ4v) is 2.17. The van der Waals surface area contributed by atoms with E-state index in [4.69, 9.17) is 9.52 Å². The Morgan fingerprint density at radius 3 is 2.96 bits per heavy atom. The summed E-state index contributed by atoms with van der Waals surface area (Å²) >= 11 is 0. The molecule has 4 rings (SSSR count). The van der Waals surface area contributed by atoms with Gasteiger partial charge in [0.05, 0.1) is 11.1 Å². The van der Waals surface area contributed by atoms with E-state index in [1.165, 1.54) is 6.07 Å². The van der Waals surface area contributed by atoms with E-state index in [1.54, 1.807) is 18.2 Å². The van der Waals surface area contributed by atoms with Crippen LogP contribution in [-0.2, 0) is 0 Å². The molecule has 0 fully saturated rings. The van der Waals surface area contributed by atoms with Crippen molar-refractivity contribution in [3.8, 4) is 11.6 Å². The number of fused-ring (bicyclic) bond motifs is 1. The second-order valence-corrected chi connectivity index (χ2v) is 4.71. The van der Waals surface area contributed by atoms with Crippen molar-refractivity contribution in [3.63, 3.8) is 0 Å². The SMILES string of the molecule is O=C(O)n1nnnc1Nc1cccc2c(=O)cc(-c3nn[nH]n3)oc12. The molecule has 3 aromatic heterocycles. The lowest BCUT2D eigenvalue weighted by Gasteiger charge is -2.07. The zero-order valence-electron chi connectivity index (χ0n) is 12.1. The number of rotatable bonds is 3. The van der Waals surface area contributed by atoms with Gasteiger partial charge in [0, 0.05) is 6.07 Å². The van der Waals surface area contributed by atoms with Crippen molar-refractivity contribution in [1.82, 2.24) is 40.8 Å². The number of carboxylic acid groups (broad SMARTS) is 1. The molecule has 0 aliphatic rings. The molecule has 1 aromatic carbocycles. The van der Waals surface area contributed by atoms with Gasteiger partial charge in [-0.15, -0.1) is 14.9 Å². The summed E-state index contributed by atoms with van der Waals surface area (Å²) in [4.78, 5) is 23.4. The van der Waals surface area contributed by atoms with Crippen molar-refractivity contribution in [2.75, 3.05) is 5.32 Å². The summed E-state index contributed by atoms with van der Waals surface area (Å²) in [5.41, 5.74) is 0.120. The molecule has 3 N–H and O–H groups in total. The van der Waals surface area contributed by atoms with Crippen molar-refractivity contribution in [2.24, 2.45) is 0 Å². The van der Waals surface area contributed by atoms with Gasteiger partial charge in [0.15, 0.2) is 16.8 Å². The van der Waals surface area contributed by atoms with Gasteiger partial charge < -0.3 is 14.8 Å². The summed E-state index contributed by atoms with van der Waals surface area (Å²) in [5, 5.41) is 35.4. The number of hydrogen-bond acceptors (Lipinski definition) is 10. The third-order valence-electron chi connectivity index (χ3n) is 3.22. The second kappa shape index (κ2) is 5.48. The molecule has 25 heavy (non-hydrogen) atoms. The first-order chi connectivity index (χ1) is 12.1. The first kappa shape index (κ1) is 14.4. The summed E-state index contributed by atoms with van der Waals surface area (Å²) in [7, 11) is 0. The number of H-pyrrole nitrogens is 1. The average Bonchev–Trinajstić information content (AvgIpc) is 3.27. The van der Waals surface area contributed by atoms with Gasteiger partial charge in [0.2, 0.25) is 5.82 Å². The molecule has 0 amide bonds. The van der Waals surface area contributed by atoms with Crippen LogP contribution in [0.1, 0.15) is 0 Å². The van der Waals surface area contributed by atoms with Crippen LogP contribution < -0.4 is 10.7 Å². The van der Waals surface area contributed by atoms with E-state index in [-0.39, 0.29) is 39.6 Å². The standard InChI is InChI=1S/C12H7N9O4/c22-7-4-8(10-14-17-18-15-10)25-9-5(7)2-1-3-6(9)13-11-16-19-20-21(11)12(23)24/h1-4H,(H,23,24)(H,13,16,20)(H,14,15,17,18). The minimum atomic E-state index is -1.37. The molecule has 0 unspecified atom stereocenters. The van der Waals surface area contributed by atoms with E-state index < -0.39 is 6.09 Å². The van der Waals surface area contributed by atoms with Crippen LogP contribution in [-0.4, -0.2) is 52.0 Å². The fourth-order valence-electron chi connectivity index (χ4n) is 2.17. The predicted octanol–water partition coefficient (Wildman–Crippen LogP) is 0.229. The van der Waals surface area contributed by atoms with Crippen LogP contribution >= 0.6 is 0 Å². The van der Waals surface area contributed by atoms with Crippen molar-refractivity contribution in [1.29, 1.82) is 0 Å². The lowest BCUT2D eigenvalue weighted by molar-refractivity contribution is 0.192. The zero-order valence-corrected chi connectivity index (χ0v) is 12.1. The monoisotopic (exact) mass is 341 g/mol. The van der Waals surface area contributed by atoms with E-state index >= 15 is 0 Å². The first-order valence-corrected chi connectivity index (χ1v) is 6.73. The van der Waals surface area contributed by atoms with E-state index in [9.17, 15) is 9.59 Å². The summed E-state index contributed by atoms with van der Waals surface area (Å²) in [6, 6.07) is 5.97. The molecule has 0 bridgehead atoms. The predicted molar refractivity (Wildman–Crippen MR) is 80.2 cm³/mol. The van der Waals surface area contributed by atoms with Gasteiger partial charge in [-0.1, -0.05) is 11.2 Å². The maximum absolute atomic E-state index is 12.3. The van der Waals surface area contributed by atoms with Gasteiger partial charge in [-0.25, -0.2) is 4.79 Å². The Hall–Kier alpha value is -4.16. The number of aromatic amines is 1. The molecule has 0 atom stereocenters. The van der Waals surface area contributed by atoms with Crippen LogP contribution in [0.4, 0.5) is 16.4 Å². The van der Waals surface area contributed by atoms with Gasteiger partial charge >= 0.3 is 6.09 Å². The van der Waals surface area contributed by atoms with Crippen LogP contribution in [0.5, 0.6) is 0 Å². The highest BCUT2D eigenvalue weighted by Gasteiger charge is 2.16. The largest absolute Gasteiger partial charge is 0.463 e. The van der Waals surface area contributed by atoms with Crippen molar-refractivity contribution in [2.45, 2.75) is 0 Å². The third-order valence-corrected chi connectivity index (χ3v) is 3.22.